The predicted octanol–water partition coefficient (Wildman–Crippen LogP) is 2.37. The van der Waals surface area contributed by atoms with Crippen LogP contribution in [0.4, 0.5) is 0 Å². The van der Waals surface area contributed by atoms with Crippen LogP contribution in [0.15, 0.2) is 11.4 Å². The molecule has 1 nitrogen and oxygen atoms in total. The maximum atomic E-state index is 9.03. The van der Waals surface area contributed by atoms with Gasteiger partial charge in [-0.2, -0.15) is 0 Å². The van der Waals surface area contributed by atoms with E-state index in [0.717, 1.165) is 12.8 Å². The summed E-state index contributed by atoms with van der Waals surface area (Å²) in [5.41, 5.74) is 1.33. The Morgan fingerprint density at radius 2 is 2.36 bits per heavy atom. The van der Waals surface area contributed by atoms with Crippen LogP contribution in [-0.4, -0.2) is 11.2 Å². The highest BCUT2D eigenvalue weighted by Gasteiger charge is 1.99. The molecule has 62 valence electrons. The van der Waals surface area contributed by atoms with E-state index in [2.05, 4.69) is 18.4 Å². The van der Waals surface area contributed by atoms with Crippen LogP contribution >= 0.6 is 11.3 Å². The maximum Gasteiger partial charge on any atom is 0.0515 e. The van der Waals surface area contributed by atoms with Gasteiger partial charge >= 0.3 is 0 Å². The zero-order valence-corrected chi connectivity index (χ0v) is 7.82. The van der Waals surface area contributed by atoms with Crippen molar-refractivity contribution in [3.63, 3.8) is 0 Å². The summed E-state index contributed by atoms with van der Waals surface area (Å²) in [6.07, 6.45) is 1.72. The van der Waals surface area contributed by atoms with Crippen molar-refractivity contribution in [1.82, 2.24) is 0 Å². The number of hydrogen-bond donors (Lipinski definition) is 1. The number of thiophene rings is 1. The minimum Gasteiger partial charge on any atom is -0.393 e. The summed E-state index contributed by atoms with van der Waals surface area (Å²) in [5, 5.41) is 11.2. The van der Waals surface area contributed by atoms with E-state index in [1.165, 1.54) is 10.4 Å². The van der Waals surface area contributed by atoms with E-state index in [-0.39, 0.29) is 6.10 Å². The van der Waals surface area contributed by atoms with Gasteiger partial charge in [0.15, 0.2) is 0 Å². The van der Waals surface area contributed by atoms with Gasteiger partial charge in [0, 0.05) is 4.88 Å². The van der Waals surface area contributed by atoms with Crippen molar-refractivity contribution in [2.45, 2.75) is 32.8 Å². The third-order valence-corrected chi connectivity index (χ3v) is 2.71. The van der Waals surface area contributed by atoms with E-state index in [0.29, 0.717) is 0 Å². The Hall–Kier alpha value is -0.340. The molecule has 1 atom stereocenters. The molecule has 1 rings (SSSR count). The molecule has 0 fully saturated rings. The average Bonchev–Trinajstić information content (AvgIpc) is 2.31. The fourth-order valence-electron chi connectivity index (χ4n) is 0.973. The summed E-state index contributed by atoms with van der Waals surface area (Å²) >= 11 is 1.78. The molecule has 0 bridgehead atoms. The third kappa shape index (κ3) is 3.04. The third-order valence-electron chi connectivity index (χ3n) is 1.59. The van der Waals surface area contributed by atoms with Crippen LogP contribution in [0.3, 0.4) is 0 Å². The Balaban J connectivity index is 2.39. The van der Waals surface area contributed by atoms with Gasteiger partial charge < -0.3 is 5.11 Å². The quantitative estimate of drug-likeness (QED) is 0.738. The molecule has 2 heteroatoms. The van der Waals surface area contributed by atoms with Gasteiger partial charge in [-0.25, -0.2) is 0 Å². The van der Waals surface area contributed by atoms with E-state index in [1.54, 1.807) is 11.3 Å². The molecule has 0 amide bonds. The first-order chi connectivity index (χ1) is 5.18. The van der Waals surface area contributed by atoms with Crippen LogP contribution in [0.2, 0.25) is 0 Å². The lowest BCUT2D eigenvalue weighted by Gasteiger charge is -2.00. The molecule has 0 spiro atoms. The molecular weight excluding hydrogens is 156 g/mol. The van der Waals surface area contributed by atoms with Crippen LogP contribution in [0.25, 0.3) is 0 Å². The molecule has 1 aromatic rings. The van der Waals surface area contributed by atoms with Gasteiger partial charge in [-0.1, -0.05) is 0 Å². The number of hydrogen-bond acceptors (Lipinski definition) is 2. The molecule has 0 aliphatic heterocycles. The van der Waals surface area contributed by atoms with Gasteiger partial charge in [0.05, 0.1) is 6.10 Å². The van der Waals surface area contributed by atoms with Crippen LogP contribution in [-0.2, 0) is 6.42 Å². The second kappa shape index (κ2) is 3.88. The van der Waals surface area contributed by atoms with Crippen LogP contribution in [0.1, 0.15) is 23.8 Å². The molecule has 0 saturated heterocycles. The SMILES string of the molecule is Cc1csc(CC[C@H](C)O)c1. The minimum absolute atomic E-state index is 0.169. The lowest BCUT2D eigenvalue weighted by atomic mass is 10.2. The maximum absolute atomic E-state index is 9.03. The van der Waals surface area contributed by atoms with Gasteiger partial charge in [-0.3, -0.25) is 0 Å². The van der Waals surface area contributed by atoms with E-state index in [9.17, 15) is 0 Å². The molecule has 1 aromatic heterocycles. The van der Waals surface area contributed by atoms with Crippen LogP contribution < -0.4 is 0 Å². The number of aliphatic hydroxyl groups is 1. The van der Waals surface area contributed by atoms with Crippen molar-refractivity contribution in [3.8, 4) is 0 Å². The zero-order chi connectivity index (χ0) is 8.27. The van der Waals surface area contributed by atoms with Crippen molar-refractivity contribution >= 4 is 11.3 Å². The summed E-state index contributed by atoms with van der Waals surface area (Å²) in [6, 6.07) is 2.19. The Morgan fingerprint density at radius 3 is 2.82 bits per heavy atom. The summed E-state index contributed by atoms with van der Waals surface area (Å²) in [5.74, 6) is 0. The van der Waals surface area contributed by atoms with Crippen LogP contribution in [0, 0.1) is 6.92 Å². The zero-order valence-electron chi connectivity index (χ0n) is 7.00. The minimum atomic E-state index is -0.169. The van der Waals surface area contributed by atoms with E-state index in [1.807, 2.05) is 6.92 Å². The molecule has 0 aliphatic carbocycles. The van der Waals surface area contributed by atoms with Gasteiger partial charge in [0.1, 0.15) is 0 Å². The molecule has 0 unspecified atom stereocenters. The highest BCUT2D eigenvalue weighted by Crippen LogP contribution is 2.15. The van der Waals surface area contributed by atoms with Crippen molar-refractivity contribution in [3.05, 3.63) is 21.9 Å². The molecule has 0 aromatic carbocycles. The Morgan fingerprint density at radius 1 is 1.64 bits per heavy atom. The Bertz CT molecular complexity index is 215. The lowest BCUT2D eigenvalue weighted by molar-refractivity contribution is 0.185. The first-order valence-corrected chi connectivity index (χ1v) is 4.78. The standard InChI is InChI=1S/C9H14OS/c1-7-5-9(11-6-7)4-3-8(2)10/h5-6,8,10H,3-4H2,1-2H3/t8-/m0/s1. The summed E-state index contributed by atoms with van der Waals surface area (Å²) in [6.45, 7) is 3.93. The molecule has 11 heavy (non-hydrogen) atoms. The number of rotatable bonds is 3. The largest absolute Gasteiger partial charge is 0.393 e. The molecular formula is C9H14OS. The average molecular weight is 170 g/mol. The number of aryl methyl sites for hydroxylation is 2. The first-order valence-electron chi connectivity index (χ1n) is 3.90. The predicted molar refractivity (Wildman–Crippen MR) is 49.1 cm³/mol. The van der Waals surface area contributed by atoms with Gasteiger partial charge in [0.25, 0.3) is 0 Å². The van der Waals surface area contributed by atoms with Crippen molar-refractivity contribution in [2.24, 2.45) is 0 Å². The highest BCUT2D eigenvalue weighted by molar-refractivity contribution is 7.10. The summed E-state index contributed by atoms with van der Waals surface area (Å²) < 4.78 is 0. The lowest BCUT2D eigenvalue weighted by Crippen LogP contribution is -1.99. The first kappa shape index (κ1) is 8.75. The fourth-order valence-corrected chi connectivity index (χ4v) is 1.87. The Labute approximate surface area is 71.7 Å². The fraction of sp³-hybridized carbons (Fsp3) is 0.556. The topological polar surface area (TPSA) is 20.2 Å². The van der Waals surface area contributed by atoms with E-state index in [4.69, 9.17) is 5.11 Å². The smallest absolute Gasteiger partial charge is 0.0515 e. The van der Waals surface area contributed by atoms with Gasteiger partial charge in [0.2, 0.25) is 0 Å². The number of aliphatic hydroxyl groups excluding tert-OH is 1. The van der Waals surface area contributed by atoms with Crippen molar-refractivity contribution < 1.29 is 5.11 Å². The van der Waals surface area contributed by atoms with Crippen molar-refractivity contribution in [1.29, 1.82) is 0 Å². The molecule has 0 saturated carbocycles. The molecule has 0 aliphatic rings. The van der Waals surface area contributed by atoms with Gasteiger partial charge in [-0.15, -0.1) is 11.3 Å². The normalized spacial score (nSPS) is 13.4. The second-order valence-corrected chi connectivity index (χ2v) is 3.97. The molecule has 1 N–H and O–H groups in total. The summed E-state index contributed by atoms with van der Waals surface area (Å²) in [7, 11) is 0. The van der Waals surface area contributed by atoms with E-state index >= 15 is 0 Å². The molecule has 0 radical (unpaired) electrons. The van der Waals surface area contributed by atoms with Crippen LogP contribution in [0.5, 0.6) is 0 Å². The Kier molecular flexibility index (Phi) is 3.09. The monoisotopic (exact) mass is 170 g/mol. The highest BCUT2D eigenvalue weighted by atomic mass is 32.1. The molecule has 1 heterocycles. The summed E-state index contributed by atoms with van der Waals surface area (Å²) in [4.78, 5) is 1.38. The second-order valence-electron chi connectivity index (χ2n) is 2.98. The van der Waals surface area contributed by atoms with Crippen molar-refractivity contribution in [2.75, 3.05) is 0 Å². The van der Waals surface area contributed by atoms with E-state index < -0.39 is 0 Å². The van der Waals surface area contributed by atoms with Gasteiger partial charge in [-0.05, 0) is 43.7 Å².